The number of nitrogens with two attached hydrogens (primary N) is 1. The van der Waals surface area contributed by atoms with Gasteiger partial charge in [-0.05, 0) is 34.8 Å². The molecule has 0 aliphatic carbocycles. The lowest BCUT2D eigenvalue weighted by atomic mass is 10.2. The highest BCUT2D eigenvalue weighted by Crippen LogP contribution is 2.30. The molecule has 1 fully saturated rings. The molecule has 1 atom stereocenters. The summed E-state index contributed by atoms with van der Waals surface area (Å²) >= 11 is 3.49. The number of nitrogens with zero attached hydrogens (tertiary/aromatic N) is 4. The number of aromatic nitrogens is 2. The molecule has 7 nitrogen and oxygen atoms in total. The number of ether oxygens (including phenoxy) is 1. The second-order valence-corrected chi connectivity index (χ2v) is 6.40. The first-order chi connectivity index (χ1) is 11.1. The number of primary amides is 1. The van der Waals surface area contributed by atoms with E-state index in [0.717, 1.165) is 41.6 Å². The van der Waals surface area contributed by atoms with Crippen molar-refractivity contribution in [2.24, 2.45) is 5.73 Å². The van der Waals surface area contributed by atoms with Gasteiger partial charge in [0.05, 0.1) is 17.4 Å². The molecule has 3 heterocycles. The number of carbonyl (C=O) groups excluding carboxylic acids is 1. The lowest BCUT2D eigenvalue weighted by Gasteiger charge is -2.24. The summed E-state index contributed by atoms with van der Waals surface area (Å²) in [5.74, 6) is 0. The van der Waals surface area contributed by atoms with Crippen LogP contribution in [0.1, 0.15) is 24.8 Å². The van der Waals surface area contributed by atoms with E-state index in [1.807, 2.05) is 12.3 Å². The van der Waals surface area contributed by atoms with Crippen molar-refractivity contribution in [3.63, 3.8) is 0 Å². The van der Waals surface area contributed by atoms with Crippen LogP contribution in [0.15, 0.2) is 22.9 Å². The molecule has 120 valence electrons. The SMILES string of the molecule is N#Cc1cnn2cc(Br)cc(N3CCCC(OC(N)=O)CC3)c12. The highest BCUT2D eigenvalue weighted by atomic mass is 79.9. The molecule has 8 heteroatoms. The average Bonchev–Trinajstić information content (AvgIpc) is 2.77. The summed E-state index contributed by atoms with van der Waals surface area (Å²) in [6, 6.07) is 4.18. The fourth-order valence-electron chi connectivity index (χ4n) is 2.98. The van der Waals surface area contributed by atoms with Crippen molar-refractivity contribution >= 4 is 33.2 Å². The van der Waals surface area contributed by atoms with Crippen molar-refractivity contribution in [1.82, 2.24) is 9.61 Å². The van der Waals surface area contributed by atoms with Gasteiger partial charge in [-0.1, -0.05) is 0 Å². The summed E-state index contributed by atoms with van der Waals surface area (Å²) < 4.78 is 7.73. The summed E-state index contributed by atoms with van der Waals surface area (Å²) in [5, 5.41) is 13.5. The van der Waals surface area contributed by atoms with Crippen molar-refractivity contribution in [2.45, 2.75) is 25.4 Å². The number of amides is 1. The molecule has 1 unspecified atom stereocenters. The second kappa shape index (κ2) is 6.46. The van der Waals surface area contributed by atoms with E-state index in [1.54, 1.807) is 10.7 Å². The Morgan fingerprint density at radius 3 is 3.04 bits per heavy atom. The molecule has 1 saturated heterocycles. The molecule has 23 heavy (non-hydrogen) atoms. The van der Waals surface area contributed by atoms with Crippen LogP contribution in [0.2, 0.25) is 0 Å². The number of carbonyl (C=O) groups is 1. The average molecular weight is 378 g/mol. The monoisotopic (exact) mass is 377 g/mol. The topological polar surface area (TPSA) is 96.7 Å². The molecule has 1 amide bonds. The Morgan fingerprint density at radius 2 is 2.30 bits per heavy atom. The minimum Gasteiger partial charge on any atom is -0.446 e. The third kappa shape index (κ3) is 3.24. The zero-order chi connectivity index (χ0) is 16.4. The lowest BCUT2D eigenvalue weighted by molar-refractivity contribution is 0.0994. The van der Waals surface area contributed by atoms with E-state index in [1.165, 1.54) is 0 Å². The maximum Gasteiger partial charge on any atom is 0.404 e. The molecule has 0 aromatic carbocycles. The lowest BCUT2D eigenvalue weighted by Crippen LogP contribution is -2.27. The molecule has 2 aromatic heterocycles. The van der Waals surface area contributed by atoms with Gasteiger partial charge in [-0.15, -0.1) is 0 Å². The number of anilines is 1. The number of hydrogen-bond acceptors (Lipinski definition) is 5. The molecule has 0 bridgehead atoms. The summed E-state index contributed by atoms with van der Waals surface area (Å²) in [5.41, 5.74) is 7.40. The van der Waals surface area contributed by atoms with E-state index in [9.17, 15) is 10.1 Å². The van der Waals surface area contributed by atoms with Gasteiger partial charge in [-0.2, -0.15) is 10.4 Å². The standard InChI is InChI=1S/C15H16BrN5O2/c16-11-6-13(14-10(7-17)8-19-21(14)9-11)20-4-1-2-12(3-5-20)23-15(18)22/h6,8-9,12H,1-5H2,(H2,18,22). The quantitative estimate of drug-likeness (QED) is 0.866. The first kappa shape index (κ1) is 15.6. The fraction of sp³-hybridized carbons (Fsp3) is 0.400. The number of nitriles is 1. The molecule has 2 N–H and O–H groups in total. The van der Waals surface area contributed by atoms with Crippen LogP contribution in [0.25, 0.3) is 5.52 Å². The zero-order valence-corrected chi connectivity index (χ0v) is 14.0. The Balaban J connectivity index is 1.92. The van der Waals surface area contributed by atoms with Crippen LogP contribution in [0.5, 0.6) is 0 Å². The van der Waals surface area contributed by atoms with Gasteiger partial charge in [0.1, 0.15) is 17.7 Å². The molecule has 3 rings (SSSR count). The predicted molar refractivity (Wildman–Crippen MR) is 88.1 cm³/mol. The van der Waals surface area contributed by atoms with Gasteiger partial charge in [0.2, 0.25) is 0 Å². The Morgan fingerprint density at radius 1 is 1.48 bits per heavy atom. The summed E-state index contributed by atoms with van der Waals surface area (Å²) in [6.07, 6.45) is 4.90. The Labute approximate surface area is 141 Å². The van der Waals surface area contributed by atoms with Crippen molar-refractivity contribution in [2.75, 3.05) is 18.0 Å². The smallest absolute Gasteiger partial charge is 0.404 e. The number of pyridine rings is 1. The van der Waals surface area contributed by atoms with E-state index in [4.69, 9.17) is 10.5 Å². The van der Waals surface area contributed by atoms with Gasteiger partial charge in [0.25, 0.3) is 0 Å². The predicted octanol–water partition coefficient (Wildman–Crippen LogP) is 2.42. The van der Waals surface area contributed by atoms with E-state index >= 15 is 0 Å². The molecule has 1 aliphatic heterocycles. The van der Waals surface area contributed by atoms with Crippen LogP contribution in [0.3, 0.4) is 0 Å². The molecular weight excluding hydrogens is 362 g/mol. The van der Waals surface area contributed by atoms with E-state index in [2.05, 4.69) is 32.0 Å². The zero-order valence-electron chi connectivity index (χ0n) is 12.4. The van der Waals surface area contributed by atoms with Crippen LogP contribution >= 0.6 is 15.9 Å². The Kier molecular flexibility index (Phi) is 4.39. The highest BCUT2D eigenvalue weighted by Gasteiger charge is 2.22. The molecule has 0 saturated carbocycles. The number of halogens is 1. The highest BCUT2D eigenvalue weighted by molar-refractivity contribution is 9.10. The van der Waals surface area contributed by atoms with Crippen LogP contribution in [0.4, 0.5) is 10.5 Å². The summed E-state index contributed by atoms with van der Waals surface area (Å²) in [4.78, 5) is 13.1. The van der Waals surface area contributed by atoms with Crippen molar-refractivity contribution in [3.05, 3.63) is 28.5 Å². The van der Waals surface area contributed by atoms with Gasteiger partial charge in [0.15, 0.2) is 0 Å². The molecule has 0 spiro atoms. The van der Waals surface area contributed by atoms with E-state index in [-0.39, 0.29) is 6.10 Å². The Bertz CT molecular complexity index is 782. The second-order valence-electron chi connectivity index (χ2n) is 5.48. The van der Waals surface area contributed by atoms with Gasteiger partial charge >= 0.3 is 6.09 Å². The summed E-state index contributed by atoms with van der Waals surface area (Å²) in [6.45, 7) is 1.54. The molecule has 2 aromatic rings. The largest absolute Gasteiger partial charge is 0.446 e. The minimum atomic E-state index is -0.726. The number of hydrogen-bond donors (Lipinski definition) is 1. The van der Waals surface area contributed by atoms with Crippen LogP contribution in [-0.2, 0) is 4.74 Å². The minimum absolute atomic E-state index is 0.152. The van der Waals surface area contributed by atoms with Crippen molar-refractivity contribution < 1.29 is 9.53 Å². The van der Waals surface area contributed by atoms with Gasteiger partial charge in [0, 0.05) is 30.2 Å². The molecule has 0 radical (unpaired) electrons. The Hall–Kier alpha value is -2.27. The third-order valence-electron chi connectivity index (χ3n) is 3.98. The normalized spacial score (nSPS) is 18.4. The van der Waals surface area contributed by atoms with Crippen LogP contribution < -0.4 is 10.6 Å². The van der Waals surface area contributed by atoms with E-state index in [0.29, 0.717) is 12.0 Å². The van der Waals surface area contributed by atoms with Crippen LogP contribution in [-0.4, -0.2) is 34.9 Å². The maximum absolute atomic E-state index is 10.9. The molecular formula is C15H16BrN5O2. The maximum atomic E-state index is 10.9. The number of rotatable bonds is 2. The molecule has 1 aliphatic rings. The van der Waals surface area contributed by atoms with Gasteiger partial charge < -0.3 is 15.4 Å². The first-order valence-corrected chi connectivity index (χ1v) is 8.16. The third-order valence-corrected chi connectivity index (χ3v) is 4.41. The fourth-order valence-corrected chi connectivity index (χ4v) is 3.39. The van der Waals surface area contributed by atoms with Crippen LogP contribution in [0, 0.1) is 11.3 Å². The van der Waals surface area contributed by atoms with E-state index < -0.39 is 6.09 Å². The first-order valence-electron chi connectivity index (χ1n) is 7.36. The summed E-state index contributed by atoms with van der Waals surface area (Å²) in [7, 11) is 0. The van der Waals surface area contributed by atoms with Gasteiger partial charge in [-0.25, -0.2) is 9.31 Å². The van der Waals surface area contributed by atoms with Crippen molar-refractivity contribution in [3.8, 4) is 6.07 Å². The number of fused-ring (bicyclic) bond motifs is 1. The van der Waals surface area contributed by atoms with Crippen molar-refractivity contribution in [1.29, 1.82) is 5.26 Å². The van der Waals surface area contributed by atoms with Gasteiger partial charge in [-0.3, -0.25) is 0 Å².